The number of nitrogens with one attached hydrogen (secondary N) is 1. The van der Waals surface area contributed by atoms with E-state index in [9.17, 15) is 18.0 Å². The van der Waals surface area contributed by atoms with Crippen molar-refractivity contribution < 1.29 is 22.7 Å². The van der Waals surface area contributed by atoms with Gasteiger partial charge in [0.25, 0.3) is 5.91 Å². The summed E-state index contributed by atoms with van der Waals surface area (Å²) in [6.45, 7) is 2.30. The number of benzene rings is 3. The van der Waals surface area contributed by atoms with E-state index in [1.807, 2.05) is 19.1 Å². The Bertz CT molecular complexity index is 1110. The summed E-state index contributed by atoms with van der Waals surface area (Å²) in [6.07, 6.45) is -3.12. The van der Waals surface area contributed by atoms with Crippen LogP contribution in [0.1, 0.15) is 32.6 Å². The fourth-order valence-electron chi connectivity index (χ4n) is 2.72. The second-order valence-corrected chi connectivity index (χ2v) is 8.57. The molecule has 0 atom stereocenters. The SMILES string of the molecule is Cc1cc(Br)c(OCc2ccc(C(=O)NN=Cc3ccc(C(F)(F)F)cc3)cc2)c(Br)c1. The Morgan fingerprint density at radius 3 is 2.19 bits per heavy atom. The highest BCUT2D eigenvalue weighted by Crippen LogP contribution is 2.35. The van der Waals surface area contributed by atoms with Gasteiger partial charge in [-0.25, -0.2) is 5.43 Å². The van der Waals surface area contributed by atoms with Gasteiger partial charge in [-0.15, -0.1) is 0 Å². The fraction of sp³-hybridized carbons (Fsp3) is 0.130. The minimum Gasteiger partial charge on any atom is -0.487 e. The van der Waals surface area contributed by atoms with Gasteiger partial charge in [-0.3, -0.25) is 4.79 Å². The highest BCUT2D eigenvalue weighted by Gasteiger charge is 2.29. The second kappa shape index (κ2) is 10.3. The van der Waals surface area contributed by atoms with Gasteiger partial charge in [-0.2, -0.15) is 18.3 Å². The molecular formula is C23H17Br2F3N2O2. The topological polar surface area (TPSA) is 50.7 Å². The number of nitrogens with zero attached hydrogens (tertiary/aromatic N) is 1. The van der Waals surface area contributed by atoms with Gasteiger partial charge in [-0.05, 0) is 91.9 Å². The Kier molecular flexibility index (Phi) is 7.73. The Morgan fingerprint density at radius 1 is 1.03 bits per heavy atom. The molecule has 0 bridgehead atoms. The Hall–Kier alpha value is -2.65. The van der Waals surface area contributed by atoms with Crippen molar-refractivity contribution in [2.75, 3.05) is 0 Å². The van der Waals surface area contributed by atoms with Crippen LogP contribution in [-0.2, 0) is 12.8 Å². The molecule has 0 aliphatic heterocycles. The van der Waals surface area contributed by atoms with Crippen molar-refractivity contribution >= 4 is 44.0 Å². The molecule has 32 heavy (non-hydrogen) atoms. The van der Waals surface area contributed by atoms with Crippen LogP contribution in [-0.4, -0.2) is 12.1 Å². The summed E-state index contributed by atoms with van der Waals surface area (Å²) in [6, 6.07) is 15.2. The third-order valence-electron chi connectivity index (χ3n) is 4.36. The first kappa shape index (κ1) is 24.0. The van der Waals surface area contributed by atoms with Gasteiger partial charge >= 0.3 is 6.18 Å². The number of hydrogen-bond acceptors (Lipinski definition) is 3. The van der Waals surface area contributed by atoms with Gasteiger partial charge in [0.05, 0.1) is 20.7 Å². The maximum absolute atomic E-state index is 12.6. The Morgan fingerprint density at radius 2 is 1.62 bits per heavy atom. The van der Waals surface area contributed by atoms with E-state index in [0.717, 1.165) is 32.2 Å². The van der Waals surface area contributed by atoms with E-state index in [4.69, 9.17) is 4.74 Å². The first-order valence-electron chi connectivity index (χ1n) is 9.31. The molecule has 0 heterocycles. The van der Waals surface area contributed by atoms with E-state index in [0.29, 0.717) is 23.5 Å². The van der Waals surface area contributed by atoms with Crippen LogP contribution in [0.3, 0.4) is 0 Å². The summed E-state index contributed by atoms with van der Waals surface area (Å²) in [5.74, 6) is 0.250. The molecule has 1 amide bonds. The van der Waals surface area contributed by atoms with Crippen molar-refractivity contribution in [1.82, 2.24) is 5.43 Å². The predicted octanol–water partition coefficient (Wildman–Crippen LogP) is 6.88. The molecule has 0 aliphatic rings. The lowest BCUT2D eigenvalue weighted by molar-refractivity contribution is -0.137. The number of amides is 1. The molecule has 166 valence electrons. The average Bonchev–Trinajstić information content (AvgIpc) is 2.73. The number of aryl methyl sites for hydroxylation is 1. The van der Waals surface area contributed by atoms with E-state index in [-0.39, 0.29) is 0 Å². The van der Waals surface area contributed by atoms with Crippen molar-refractivity contribution in [2.24, 2.45) is 5.10 Å². The lowest BCUT2D eigenvalue weighted by atomic mass is 10.1. The first-order valence-corrected chi connectivity index (χ1v) is 10.9. The number of carbonyl (C=O) groups excluding carboxylic acids is 1. The van der Waals surface area contributed by atoms with Crippen molar-refractivity contribution in [1.29, 1.82) is 0 Å². The van der Waals surface area contributed by atoms with E-state index >= 15 is 0 Å². The van der Waals surface area contributed by atoms with Crippen LogP contribution in [0.25, 0.3) is 0 Å². The van der Waals surface area contributed by atoms with Gasteiger partial charge in [0.1, 0.15) is 12.4 Å². The predicted molar refractivity (Wildman–Crippen MR) is 124 cm³/mol. The van der Waals surface area contributed by atoms with Crippen LogP contribution in [0.4, 0.5) is 13.2 Å². The van der Waals surface area contributed by atoms with Crippen LogP contribution in [0.15, 0.2) is 74.7 Å². The molecule has 3 rings (SSSR count). The number of hydrazone groups is 1. The minimum absolute atomic E-state index is 0.314. The van der Waals surface area contributed by atoms with E-state index in [1.54, 1.807) is 24.3 Å². The number of ether oxygens (including phenoxy) is 1. The number of carbonyl (C=O) groups is 1. The van der Waals surface area contributed by atoms with Crippen LogP contribution >= 0.6 is 31.9 Å². The molecule has 0 radical (unpaired) electrons. The van der Waals surface area contributed by atoms with Gasteiger partial charge in [0.2, 0.25) is 0 Å². The third-order valence-corrected chi connectivity index (χ3v) is 5.54. The molecule has 0 aliphatic carbocycles. The van der Waals surface area contributed by atoms with Gasteiger partial charge < -0.3 is 4.74 Å². The average molecular weight is 570 g/mol. The smallest absolute Gasteiger partial charge is 0.416 e. The van der Waals surface area contributed by atoms with E-state index in [1.165, 1.54) is 18.3 Å². The summed E-state index contributed by atoms with van der Waals surface area (Å²) >= 11 is 6.97. The third kappa shape index (κ3) is 6.43. The molecule has 3 aromatic carbocycles. The summed E-state index contributed by atoms with van der Waals surface area (Å²) in [4.78, 5) is 12.2. The standard InChI is InChI=1S/C23H17Br2F3N2O2/c1-14-10-19(24)21(20(25)11-14)32-13-16-2-6-17(7-3-16)22(31)30-29-12-15-4-8-18(9-5-15)23(26,27)28/h2-12H,13H2,1H3,(H,30,31). The van der Waals surface area contributed by atoms with Crippen molar-refractivity contribution in [2.45, 2.75) is 19.7 Å². The highest BCUT2D eigenvalue weighted by atomic mass is 79.9. The quantitative estimate of drug-likeness (QED) is 0.260. The van der Waals surface area contributed by atoms with Crippen LogP contribution in [0.2, 0.25) is 0 Å². The summed E-state index contributed by atoms with van der Waals surface area (Å²) < 4.78 is 45.3. The van der Waals surface area contributed by atoms with Gasteiger partial charge in [0.15, 0.2) is 0 Å². The van der Waals surface area contributed by atoms with E-state index < -0.39 is 17.6 Å². The maximum atomic E-state index is 12.6. The second-order valence-electron chi connectivity index (χ2n) is 6.86. The number of halogens is 5. The zero-order valence-corrected chi connectivity index (χ0v) is 19.9. The molecule has 0 saturated carbocycles. The van der Waals surface area contributed by atoms with Crippen molar-refractivity contribution in [3.63, 3.8) is 0 Å². The Balaban J connectivity index is 1.55. The number of hydrogen-bond donors (Lipinski definition) is 1. The highest BCUT2D eigenvalue weighted by molar-refractivity contribution is 9.11. The maximum Gasteiger partial charge on any atom is 0.416 e. The molecule has 9 heteroatoms. The normalized spacial score (nSPS) is 11.6. The van der Waals surface area contributed by atoms with Crippen molar-refractivity contribution in [3.05, 3.63) is 97.4 Å². The zero-order chi connectivity index (χ0) is 23.3. The van der Waals surface area contributed by atoms with Crippen LogP contribution in [0.5, 0.6) is 5.75 Å². The molecule has 3 aromatic rings. The molecule has 4 nitrogen and oxygen atoms in total. The molecule has 0 spiro atoms. The molecular weight excluding hydrogens is 553 g/mol. The van der Waals surface area contributed by atoms with Crippen molar-refractivity contribution in [3.8, 4) is 5.75 Å². The monoisotopic (exact) mass is 568 g/mol. The Labute approximate surface area is 199 Å². The molecule has 0 aromatic heterocycles. The number of alkyl halides is 3. The lowest BCUT2D eigenvalue weighted by Crippen LogP contribution is -2.17. The first-order chi connectivity index (χ1) is 15.1. The summed E-state index contributed by atoms with van der Waals surface area (Å²) in [7, 11) is 0. The lowest BCUT2D eigenvalue weighted by Gasteiger charge is -2.11. The molecule has 0 unspecified atom stereocenters. The van der Waals surface area contributed by atoms with E-state index in [2.05, 4.69) is 42.4 Å². The number of rotatable bonds is 6. The van der Waals surface area contributed by atoms with Gasteiger partial charge in [0, 0.05) is 5.56 Å². The zero-order valence-electron chi connectivity index (χ0n) is 16.7. The molecule has 0 saturated heterocycles. The minimum atomic E-state index is -4.39. The largest absolute Gasteiger partial charge is 0.487 e. The summed E-state index contributed by atoms with van der Waals surface area (Å²) in [5, 5.41) is 3.79. The molecule has 1 N–H and O–H groups in total. The van der Waals surface area contributed by atoms with Crippen LogP contribution < -0.4 is 10.2 Å². The van der Waals surface area contributed by atoms with Crippen LogP contribution in [0, 0.1) is 6.92 Å². The van der Waals surface area contributed by atoms with Gasteiger partial charge in [-0.1, -0.05) is 24.3 Å². The molecule has 0 fully saturated rings. The fourth-order valence-corrected chi connectivity index (χ4v) is 4.36. The summed E-state index contributed by atoms with van der Waals surface area (Å²) in [5.41, 5.74) is 4.38.